The van der Waals surface area contributed by atoms with Crippen LogP contribution in [0.3, 0.4) is 0 Å². The Balaban J connectivity index is 1.85. The van der Waals surface area contributed by atoms with Crippen molar-refractivity contribution >= 4 is 17.9 Å². The second-order valence-corrected chi connectivity index (χ2v) is 8.68. The first-order valence-electron chi connectivity index (χ1n) is 12.3. The SMILES string of the molecule is CCCCCCCCCC(=O)Oc1ccc(C(=O)Oc2ccc(C(=O)OCC(F)(F)C(F)(F)F)c(F)c2)cc1. The third-order valence-corrected chi connectivity index (χ3v) is 5.48. The summed E-state index contributed by atoms with van der Waals surface area (Å²) >= 11 is 0. The molecule has 214 valence electrons. The fourth-order valence-electron chi connectivity index (χ4n) is 3.27. The number of hydrogen-bond donors (Lipinski definition) is 0. The van der Waals surface area contributed by atoms with Crippen LogP contribution in [0.25, 0.3) is 0 Å². The van der Waals surface area contributed by atoms with E-state index in [2.05, 4.69) is 11.7 Å². The van der Waals surface area contributed by atoms with E-state index in [4.69, 9.17) is 9.47 Å². The van der Waals surface area contributed by atoms with E-state index in [-0.39, 0.29) is 23.5 Å². The Morgan fingerprint density at radius 2 is 1.33 bits per heavy atom. The Morgan fingerprint density at radius 1 is 0.744 bits per heavy atom. The number of halogens is 6. The smallest absolute Gasteiger partial charge is 0.455 e. The number of carbonyl (C=O) groups excluding carboxylic acids is 3. The third-order valence-electron chi connectivity index (χ3n) is 5.48. The summed E-state index contributed by atoms with van der Waals surface area (Å²) in [5, 5.41) is 0. The third kappa shape index (κ3) is 10.3. The van der Waals surface area contributed by atoms with Crippen molar-refractivity contribution in [3.05, 3.63) is 59.4 Å². The van der Waals surface area contributed by atoms with Gasteiger partial charge in [-0.25, -0.2) is 14.0 Å². The zero-order valence-corrected chi connectivity index (χ0v) is 21.1. The van der Waals surface area contributed by atoms with Crippen molar-refractivity contribution in [3.8, 4) is 11.5 Å². The zero-order chi connectivity index (χ0) is 29.1. The number of hydrogen-bond acceptors (Lipinski definition) is 6. The highest BCUT2D eigenvalue weighted by atomic mass is 19.4. The summed E-state index contributed by atoms with van der Waals surface area (Å²) in [5.74, 6) is -9.94. The molecule has 2 aromatic carbocycles. The molecule has 0 aromatic heterocycles. The van der Waals surface area contributed by atoms with Crippen LogP contribution in [0.15, 0.2) is 42.5 Å². The first-order chi connectivity index (χ1) is 18.3. The van der Waals surface area contributed by atoms with Crippen LogP contribution in [0.2, 0.25) is 0 Å². The molecule has 0 saturated carbocycles. The second-order valence-electron chi connectivity index (χ2n) is 8.68. The number of alkyl halides is 5. The molecule has 0 saturated heterocycles. The molecule has 0 amide bonds. The molecule has 0 bridgehead atoms. The molecule has 6 nitrogen and oxygen atoms in total. The lowest BCUT2D eigenvalue weighted by Crippen LogP contribution is -2.41. The monoisotopic (exact) mass is 562 g/mol. The Kier molecular flexibility index (Phi) is 11.8. The minimum atomic E-state index is -5.95. The summed E-state index contributed by atoms with van der Waals surface area (Å²) in [6, 6.07) is 7.56. The van der Waals surface area contributed by atoms with Gasteiger partial charge in [0.05, 0.1) is 11.1 Å². The van der Waals surface area contributed by atoms with E-state index in [1.807, 2.05) is 0 Å². The van der Waals surface area contributed by atoms with Gasteiger partial charge in [0.2, 0.25) is 0 Å². The molecule has 39 heavy (non-hydrogen) atoms. The van der Waals surface area contributed by atoms with Crippen LogP contribution < -0.4 is 9.47 Å². The number of ether oxygens (including phenoxy) is 3. The first-order valence-corrected chi connectivity index (χ1v) is 12.3. The van der Waals surface area contributed by atoms with E-state index >= 15 is 0 Å². The van der Waals surface area contributed by atoms with E-state index in [1.54, 1.807) is 0 Å². The van der Waals surface area contributed by atoms with Gasteiger partial charge in [0.15, 0.2) is 6.61 Å². The summed E-state index contributed by atoms with van der Waals surface area (Å²) in [7, 11) is 0. The molecule has 0 aliphatic rings. The van der Waals surface area contributed by atoms with Gasteiger partial charge in [0.1, 0.15) is 17.3 Å². The normalized spacial score (nSPS) is 11.7. The predicted molar refractivity (Wildman–Crippen MR) is 127 cm³/mol. The van der Waals surface area contributed by atoms with Gasteiger partial charge in [-0.05, 0) is 42.8 Å². The molecule has 0 aliphatic carbocycles. The lowest BCUT2D eigenvalue weighted by molar-refractivity contribution is -0.292. The Bertz CT molecular complexity index is 1110. The highest BCUT2D eigenvalue weighted by Gasteiger charge is 2.58. The van der Waals surface area contributed by atoms with Crippen LogP contribution in [0.1, 0.15) is 79.0 Å². The van der Waals surface area contributed by atoms with Crippen LogP contribution >= 0.6 is 0 Å². The van der Waals surface area contributed by atoms with E-state index in [0.29, 0.717) is 18.6 Å². The number of rotatable bonds is 14. The molecule has 0 fully saturated rings. The van der Waals surface area contributed by atoms with Crippen molar-refractivity contribution in [2.45, 2.75) is 70.4 Å². The average molecular weight is 563 g/mol. The first kappa shape index (κ1) is 31.6. The van der Waals surface area contributed by atoms with E-state index in [9.17, 15) is 40.7 Å². The molecule has 2 rings (SSSR count). The molecule has 12 heteroatoms. The van der Waals surface area contributed by atoms with Crippen LogP contribution in [-0.4, -0.2) is 36.6 Å². The van der Waals surface area contributed by atoms with Gasteiger partial charge in [-0.15, -0.1) is 0 Å². The van der Waals surface area contributed by atoms with Gasteiger partial charge in [-0.1, -0.05) is 45.4 Å². The fraction of sp³-hybridized carbons (Fsp3) is 0.444. The van der Waals surface area contributed by atoms with Crippen molar-refractivity contribution in [2.24, 2.45) is 0 Å². The minimum absolute atomic E-state index is 0.0140. The Labute approximate surface area is 221 Å². The van der Waals surface area contributed by atoms with Gasteiger partial charge in [0.25, 0.3) is 0 Å². The van der Waals surface area contributed by atoms with Gasteiger partial charge < -0.3 is 14.2 Å². The Hall–Kier alpha value is -3.57. The van der Waals surface area contributed by atoms with E-state index in [0.717, 1.165) is 25.3 Å². The maximum absolute atomic E-state index is 14.2. The van der Waals surface area contributed by atoms with Crippen molar-refractivity contribution in [1.29, 1.82) is 0 Å². The second kappa shape index (κ2) is 14.5. The molecule has 0 unspecified atom stereocenters. The predicted octanol–water partition coefficient (Wildman–Crippen LogP) is 7.45. The summed E-state index contributed by atoms with van der Waals surface area (Å²) in [6.07, 6.45) is 1.70. The zero-order valence-electron chi connectivity index (χ0n) is 21.1. The maximum atomic E-state index is 14.2. The topological polar surface area (TPSA) is 78.9 Å². The number of benzene rings is 2. The van der Waals surface area contributed by atoms with E-state index < -0.39 is 48.0 Å². The molecule has 0 heterocycles. The number of carbonyl (C=O) groups is 3. The van der Waals surface area contributed by atoms with Crippen LogP contribution in [0.5, 0.6) is 11.5 Å². The van der Waals surface area contributed by atoms with Crippen LogP contribution in [-0.2, 0) is 9.53 Å². The van der Waals surface area contributed by atoms with Gasteiger partial charge in [0, 0.05) is 12.5 Å². The fourth-order valence-corrected chi connectivity index (χ4v) is 3.27. The molecule has 0 atom stereocenters. The maximum Gasteiger partial charge on any atom is 0.456 e. The van der Waals surface area contributed by atoms with Crippen molar-refractivity contribution in [1.82, 2.24) is 0 Å². The van der Waals surface area contributed by atoms with E-state index in [1.165, 1.54) is 43.5 Å². The molecular weight excluding hydrogens is 534 g/mol. The lowest BCUT2D eigenvalue weighted by atomic mass is 10.1. The van der Waals surface area contributed by atoms with Crippen molar-refractivity contribution in [2.75, 3.05) is 6.61 Å². The van der Waals surface area contributed by atoms with Crippen molar-refractivity contribution < 1.29 is 54.9 Å². The standard InChI is InChI=1S/C27H28F6O6/c1-2-3-4-5-6-7-8-9-23(34)38-19-12-10-18(11-13-19)24(35)39-20-14-15-21(22(28)16-20)25(36)37-17-26(29,30)27(31,32)33/h10-16H,2-9,17H2,1H3. The lowest BCUT2D eigenvalue weighted by Gasteiger charge is -2.19. The van der Waals surface area contributed by atoms with Crippen LogP contribution in [0, 0.1) is 5.82 Å². The summed E-state index contributed by atoms with van der Waals surface area (Å²) in [6.45, 7) is -0.183. The molecule has 0 aliphatic heterocycles. The van der Waals surface area contributed by atoms with Gasteiger partial charge >= 0.3 is 30.0 Å². The molecule has 0 N–H and O–H groups in total. The molecule has 0 spiro atoms. The summed E-state index contributed by atoms with van der Waals surface area (Å²) < 4.78 is 90.6. The average Bonchev–Trinajstić information content (AvgIpc) is 2.86. The largest absolute Gasteiger partial charge is 0.456 e. The van der Waals surface area contributed by atoms with Gasteiger partial charge in [-0.3, -0.25) is 4.79 Å². The summed E-state index contributed by atoms with van der Waals surface area (Å²) in [4.78, 5) is 36.0. The van der Waals surface area contributed by atoms with Crippen molar-refractivity contribution in [3.63, 3.8) is 0 Å². The summed E-state index contributed by atoms with van der Waals surface area (Å²) in [5.41, 5.74) is -0.921. The molecule has 0 radical (unpaired) electrons. The Morgan fingerprint density at radius 3 is 1.92 bits per heavy atom. The molecule has 2 aromatic rings. The highest BCUT2D eigenvalue weighted by Crippen LogP contribution is 2.35. The highest BCUT2D eigenvalue weighted by molar-refractivity contribution is 5.92. The molecular formula is C27H28F6O6. The number of esters is 3. The number of unbranched alkanes of at least 4 members (excludes halogenated alkanes) is 6. The van der Waals surface area contributed by atoms with Gasteiger partial charge in [-0.2, -0.15) is 22.0 Å². The van der Waals surface area contributed by atoms with Crippen LogP contribution in [0.4, 0.5) is 26.3 Å². The quantitative estimate of drug-likeness (QED) is 0.103. The minimum Gasteiger partial charge on any atom is -0.455 e.